The molecule has 3 heterocycles. The van der Waals surface area contributed by atoms with Crippen LogP contribution >= 0.6 is 11.3 Å². The van der Waals surface area contributed by atoms with Gasteiger partial charge in [0.05, 0.1) is 27.9 Å². The molecule has 3 atom stereocenters. The van der Waals surface area contributed by atoms with Crippen LogP contribution in [0.5, 0.6) is 0 Å². The number of hydrogen-bond acceptors (Lipinski definition) is 7. The van der Waals surface area contributed by atoms with E-state index in [0.29, 0.717) is 12.3 Å². The van der Waals surface area contributed by atoms with Crippen LogP contribution in [0.3, 0.4) is 0 Å². The molecule has 196 valence electrons. The number of thiazole rings is 1. The summed E-state index contributed by atoms with van der Waals surface area (Å²) in [7, 11) is 0. The molecule has 1 aliphatic heterocycles. The smallest absolute Gasteiger partial charge is 0.243 e. The number of rotatable bonds is 8. The Kier molecular flexibility index (Phi) is 6.93. The SMILES string of the molecule is Cc1ncsc1-c1ccc(CNC(=O)[C@@H]2C[C@@H](O)CN2C(=O)[C@@H](c2cc(C3(C)CC3)no2)C(C)C)cc1. The van der Waals surface area contributed by atoms with Crippen molar-refractivity contribution in [1.29, 1.82) is 0 Å². The Morgan fingerprint density at radius 3 is 2.62 bits per heavy atom. The highest BCUT2D eigenvalue weighted by Crippen LogP contribution is 2.47. The second-order valence-corrected chi connectivity index (χ2v) is 11.8. The van der Waals surface area contributed by atoms with Gasteiger partial charge in [-0.25, -0.2) is 4.98 Å². The maximum absolute atomic E-state index is 13.7. The van der Waals surface area contributed by atoms with Crippen LogP contribution in [0.1, 0.15) is 68.7 Å². The van der Waals surface area contributed by atoms with Crippen molar-refractivity contribution in [2.75, 3.05) is 6.54 Å². The third kappa shape index (κ3) is 5.20. The lowest BCUT2D eigenvalue weighted by Crippen LogP contribution is -2.48. The van der Waals surface area contributed by atoms with Crippen molar-refractivity contribution in [3.63, 3.8) is 0 Å². The Bertz CT molecular complexity index is 1280. The van der Waals surface area contributed by atoms with Gasteiger partial charge in [-0.2, -0.15) is 0 Å². The Morgan fingerprint density at radius 1 is 1.27 bits per heavy atom. The van der Waals surface area contributed by atoms with E-state index in [4.69, 9.17) is 4.52 Å². The number of aryl methyl sites for hydroxylation is 1. The molecule has 3 aromatic rings. The summed E-state index contributed by atoms with van der Waals surface area (Å²) in [5.74, 6) is -0.562. The van der Waals surface area contributed by atoms with E-state index in [-0.39, 0.29) is 36.1 Å². The fraction of sp³-hybridized carbons (Fsp3) is 0.500. The molecule has 1 saturated carbocycles. The van der Waals surface area contributed by atoms with Crippen molar-refractivity contribution in [2.45, 2.75) is 77.0 Å². The fourth-order valence-corrected chi connectivity index (χ4v) is 5.86. The van der Waals surface area contributed by atoms with Gasteiger partial charge in [-0.1, -0.05) is 50.2 Å². The number of nitrogens with zero attached hydrogens (tertiary/aromatic N) is 3. The molecule has 2 amide bonds. The van der Waals surface area contributed by atoms with Crippen molar-refractivity contribution >= 4 is 23.2 Å². The molecule has 2 N–H and O–H groups in total. The van der Waals surface area contributed by atoms with Crippen molar-refractivity contribution in [1.82, 2.24) is 20.4 Å². The van der Waals surface area contributed by atoms with Gasteiger partial charge in [0.2, 0.25) is 11.8 Å². The zero-order chi connectivity index (χ0) is 26.3. The lowest BCUT2D eigenvalue weighted by Gasteiger charge is -2.28. The van der Waals surface area contributed by atoms with Gasteiger partial charge >= 0.3 is 0 Å². The number of carbonyl (C=O) groups excluding carboxylic acids is 2. The summed E-state index contributed by atoms with van der Waals surface area (Å²) < 4.78 is 5.64. The monoisotopic (exact) mass is 522 g/mol. The van der Waals surface area contributed by atoms with Crippen molar-refractivity contribution < 1.29 is 19.2 Å². The number of likely N-dealkylation sites (tertiary alicyclic amines) is 1. The van der Waals surface area contributed by atoms with E-state index >= 15 is 0 Å². The lowest BCUT2D eigenvalue weighted by molar-refractivity contribution is -0.141. The molecule has 37 heavy (non-hydrogen) atoms. The number of amides is 2. The number of aliphatic hydroxyl groups is 1. The minimum Gasteiger partial charge on any atom is -0.391 e. The average Bonchev–Trinajstić information content (AvgIpc) is 3.24. The highest BCUT2D eigenvalue weighted by Gasteiger charge is 2.45. The van der Waals surface area contributed by atoms with Crippen LogP contribution in [0, 0.1) is 12.8 Å². The molecule has 0 spiro atoms. The molecular formula is C28H34N4O4S. The molecule has 0 unspecified atom stereocenters. The van der Waals surface area contributed by atoms with Crippen LogP contribution in [-0.2, 0) is 21.5 Å². The molecule has 2 aliphatic rings. The first kappa shape index (κ1) is 25.6. The van der Waals surface area contributed by atoms with E-state index in [2.05, 4.69) is 22.4 Å². The molecule has 9 heteroatoms. The van der Waals surface area contributed by atoms with Crippen LogP contribution in [0.15, 0.2) is 40.4 Å². The Hall–Kier alpha value is -3.04. The molecule has 1 aromatic carbocycles. The second kappa shape index (κ2) is 10.0. The van der Waals surface area contributed by atoms with Crippen LogP contribution in [0.4, 0.5) is 0 Å². The summed E-state index contributed by atoms with van der Waals surface area (Å²) in [6.45, 7) is 8.52. The highest BCUT2D eigenvalue weighted by molar-refractivity contribution is 7.13. The first-order chi connectivity index (χ1) is 17.7. The Balaban J connectivity index is 1.26. The van der Waals surface area contributed by atoms with Gasteiger partial charge in [-0.15, -0.1) is 11.3 Å². The predicted octanol–water partition coefficient (Wildman–Crippen LogP) is 4.18. The topological polar surface area (TPSA) is 109 Å². The van der Waals surface area contributed by atoms with Gasteiger partial charge in [0.1, 0.15) is 17.7 Å². The highest BCUT2D eigenvalue weighted by atomic mass is 32.1. The maximum Gasteiger partial charge on any atom is 0.243 e. The molecular weight excluding hydrogens is 488 g/mol. The summed E-state index contributed by atoms with van der Waals surface area (Å²) in [5.41, 5.74) is 5.80. The normalized spacial score (nSPS) is 21.3. The van der Waals surface area contributed by atoms with Gasteiger partial charge in [0.25, 0.3) is 0 Å². The van der Waals surface area contributed by atoms with Crippen LogP contribution in [0.2, 0.25) is 0 Å². The van der Waals surface area contributed by atoms with E-state index < -0.39 is 18.1 Å². The van der Waals surface area contributed by atoms with E-state index in [1.54, 1.807) is 11.3 Å². The minimum atomic E-state index is -0.745. The standard InChI is InChI=1S/C28H34N4O4S/c1-16(2)24(22-12-23(31-36-22)28(4)9-10-28)27(35)32-14-20(33)11-21(32)26(34)29-13-18-5-7-19(8-6-18)25-17(3)30-15-37-25/h5-8,12,15-16,20-21,24,33H,9-11,13-14H2,1-4H3,(H,29,34)/t20-,21+,24-/m1/s1. The summed E-state index contributed by atoms with van der Waals surface area (Å²) in [6.07, 6.45) is 1.59. The second-order valence-electron chi connectivity index (χ2n) is 11.0. The summed E-state index contributed by atoms with van der Waals surface area (Å²) in [5, 5.41) is 17.6. The van der Waals surface area contributed by atoms with E-state index in [0.717, 1.165) is 40.2 Å². The molecule has 2 aromatic heterocycles. The molecule has 2 fully saturated rings. The number of β-amino-alcohol motifs (C(OH)–C–C–N with tert-alkyl or cyclic N) is 1. The van der Waals surface area contributed by atoms with Crippen molar-refractivity contribution in [3.05, 3.63) is 58.6 Å². The summed E-state index contributed by atoms with van der Waals surface area (Å²) in [4.78, 5) is 33.9. The quantitative estimate of drug-likeness (QED) is 0.460. The minimum absolute atomic E-state index is 0.0380. The molecule has 5 rings (SSSR count). The first-order valence-electron chi connectivity index (χ1n) is 12.9. The van der Waals surface area contributed by atoms with Crippen molar-refractivity contribution in [3.8, 4) is 10.4 Å². The maximum atomic E-state index is 13.7. The number of benzene rings is 1. The van der Waals surface area contributed by atoms with E-state index in [1.807, 2.05) is 56.6 Å². The number of carbonyl (C=O) groups is 2. The van der Waals surface area contributed by atoms with Gasteiger partial charge in [-0.3, -0.25) is 9.59 Å². The van der Waals surface area contributed by atoms with Crippen LogP contribution in [-0.4, -0.2) is 50.7 Å². The average molecular weight is 523 g/mol. The largest absolute Gasteiger partial charge is 0.391 e. The Morgan fingerprint density at radius 2 is 2.00 bits per heavy atom. The Labute approximate surface area is 221 Å². The fourth-order valence-electron chi connectivity index (χ4n) is 5.04. The molecule has 1 saturated heterocycles. The van der Waals surface area contributed by atoms with Gasteiger partial charge in [-0.05, 0) is 36.8 Å². The lowest BCUT2D eigenvalue weighted by atomic mass is 9.90. The summed E-state index contributed by atoms with van der Waals surface area (Å²) >= 11 is 1.60. The summed E-state index contributed by atoms with van der Waals surface area (Å²) in [6, 6.07) is 9.19. The number of hydrogen-bond donors (Lipinski definition) is 2. The number of aliphatic hydroxyl groups excluding tert-OH is 1. The first-order valence-corrected chi connectivity index (χ1v) is 13.8. The molecule has 0 bridgehead atoms. The van der Waals surface area contributed by atoms with Crippen LogP contribution < -0.4 is 5.32 Å². The number of nitrogens with one attached hydrogen (secondary N) is 1. The van der Waals surface area contributed by atoms with E-state index in [1.165, 1.54) is 4.90 Å². The molecule has 1 aliphatic carbocycles. The predicted molar refractivity (Wildman–Crippen MR) is 141 cm³/mol. The van der Waals surface area contributed by atoms with Crippen molar-refractivity contribution in [2.24, 2.45) is 5.92 Å². The third-order valence-electron chi connectivity index (χ3n) is 7.68. The molecule has 8 nitrogen and oxygen atoms in total. The zero-order valence-corrected chi connectivity index (χ0v) is 22.5. The van der Waals surface area contributed by atoms with Gasteiger partial charge in [0.15, 0.2) is 0 Å². The third-order valence-corrected chi connectivity index (χ3v) is 8.66. The van der Waals surface area contributed by atoms with Crippen LogP contribution in [0.25, 0.3) is 10.4 Å². The van der Waals surface area contributed by atoms with E-state index in [9.17, 15) is 14.7 Å². The number of aromatic nitrogens is 2. The van der Waals surface area contributed by atoms with Gasteiger partial charge < -0.3 is 19.8 Å². The van der Waals surface area contributed by atoms with Gasteiger partial charge in [0, 0.05) is 31.0 Å². The molecule has 0 radical (unpaired) electrons. The zero-order valence-electron chi connectivity index (χ0n) is 21.7.